The van der Waals surface area contributed by atoms with Crippen LogP contribution < -0.4 is 26.2 Å². The molecule has 0 saturated carbocycles. The number of hydrogen-bond acceptors (Lipinski definition) is 5. The Kier molecular flexibility index (Phi) is 9.37. The molecular formula is C27H27BrN4O4S. The Morgan fingerprint density at radius 1 is 0.811 bits per heavy atom. The van der Waals surface area contributed by atoms with E-state index in [9.17, 15) is 14.4 Å². The highest BCUT2D eigenvalue weighted by atomic mass is 79.9. The van der Waals surface area contributed by atoms with E-state index in [2.05, 4.69) is 58.2 Å². The molecule has 37 heavy (non-hydrogen) atoms. The molecule has 3 aromatic rings. The van der Waals surface area contributed by atoms with Gasteiger partial charge in [0.1, 0.15) is 5.75 Å². The topological polar surface area (TPSA) is 109 Å². The number of hydrogen-bond donors (Lipinski definition) is 4. The van der Waals surface area contributed by atoms with Gasteiger partial charge in [-0.05, 0) is 83.9 Å². The van der Waals surface area contributed by atoms with E-state index in [-0.39, 0.29) is 23.0 Å². The second-order valence-corrected chi connectivity index (χ2v) is 10.4. The Balaban J connectivity index is 1.43. The average Bonchev–Trinajstić information content (AvgIpc) is 2.87. The molecule has 3 rings (SSSR count). The van der Waals surface area contributed by atoms with Gasteiger partial charge in [-0.15, -0.1) is 0 Å². The summed E-state index contributed by atoms with van der Waals surface area (Å²) in [5.41, 5.74) is 7.43. The van der Waals surface area contributed by atoms with Crippen molar-refractivity contribution >= 4 is 56.7 Å². The average molecular weight is 584 g/mol. The molecule has 0 spiro atoms. The van der Waals surface area contributed by atoms with Gasteiger partial charge in [-0.2, -0.15) is 0 Å². The third-order valence-electron chi connectivity index (χ3n) is 5.14. The minimum Gasteiger partial charge on any atom is -0.484 e. The van der Waals surface area contributed by atoms with Crippen molar-refractivity contribution in [2.75, 3.05) is 11.9 Å². The number of amides is 3. The summed E-state index contributed by atoms with van der Waals surface area (Å²) in [6.07, 6.45) is 0. The van der Waals surface area contributed by atoms with Crippen molar-refractivity contribution in [2.24, 2.45) is 0 Å². The maximum absolute atomic E-state index is 12.5. The number of carbonyl (C=O) groups excluding carboxylic acids is 3. The summed E-state index contributed by atoms with van der Waals surface area (Å²) in [6.45, 7) is 6.09. The van der Waals surface area contributed by atoms with Crippen LogP contribution in [-0.2, 0) is 10.2 Å². The summed E-state index contributed by atoms with van der Waals surface area (Å²) >= 11 is 8.34. The molecule has 192 valence electrons. The van der Waals surface area contributed by atoms with Gasteiger partial charge in [0.05, 0.1) is 0 Å². The van der Waals surface area contributed by atoms with Crippen molar-refractivity contribution in [3.05, 3.63) is 94.0 Å². The molecule has 0 saturated heterocycles. The van der Waals surface area contributed by atoms with Crippen LogP contribution in [-0.4, -0.2) is 29.4 Å². The molecule has 4 N–H and O–H groups in total. The summed E-state index contributed by atoms with van der Waals surface area (Å²) in [6, 6.07) is 20.8. The highest BCUT2D eigenvalue weighted by Gasteiger charge is 2.15. The lowest BCUT2D eigenvalue weighted by Crippen LogP contribution is -2.49. The van der Waals surface area contributed by atoms with Crippen molar-refractivity contribution in [3.63, 3.8) is 0 Å². The summed E-state index contributed by atoms with van der Waals surface area (Å²) in [5.74, 6) is -0.672. The van der Waals surface area contributed by atoms with Crippen LogP contribution in [0, 0.1) is 0 Å². The van der Waals surface area contributed by atoms with E-state index in [1.807, 2.05) is 12.1 Å². The lowest BCUT2D eigenvalue weighted by Gasteiger charge is -2.19. The Bertz CT molecular complexity index is 1270. The molecule has 3 amide bonds. The first kappa shape index (κ1) is 27.8. The molecule has 0 aliphatic rings. The van der Waals surface area contributed by atoms with Gasteiger partial charge in [-0.1, -0.05) is 48.8 Å². The molecule has 0 aromatic heterocycles. The first-order valence-corrected chi connectivity index (χ1v) is 12.5. The van der Waals surface area contributed by atoms with Crippen LogP contribution in [0.4, 0.5) is 5.69 Å². The van der Waals surface area contributed by atoms with Crippen molar-refractivity contribution < 1.29 is 19.1 Å². The first-order valence-electron chi connectivity index (χ1n) is 11.3. The fraction of sp³-hybridized carbons (Fsp3) is 0.185. The molecule has 0 bridgehead atoms. The number of benzene rings is 3. The number of carbonyl (C=O) groups is 3. The van der Waals surface area contributed by atoms with Gasteiger partial charge in [0.25, 0.3) is 17.7 Å². The molecule has 3 aromatic carbocycles. The second kappa shape index (κ2) is 12.5. The van der Waals surface area contributed by atoms with E-state index in [4.69, 9.17) is 17.0 Å². The van der Waals surface area contributed by atoms with Crippen LogP contribution in [0.25, 0.3) is 0 Å². The second-order valence-electron chi connectivity index (χ2n) is 9.06. The summed E-state index contributed by atoms with van der Waals surface area (Å²) < 4.78 is 6.26. The molecule has 0 heterocycles. The number of hydrazine groups is 1. The van der Waals surface area contributed by atoms with Crippen molar-refractivity contribution in [1.82, 2.24) is 16.2 Å². The zero-order chi connectivity index (χ0) is 27.0. The van der Waals surface area contributed by atoms with E-state index in [1.165, 1.54) is 0 Å². The number of anilines is 1. The highest BCUT2D eigenvalue weighted by Crippen LogP contribution is 2.22. The summed E-state index contributed by atoms with van der Waals surface area (Å²) in [4.78, 5) is 36.9. The zero-order valence-corrected chi connectivity index (χ0v) is 23.0. The van der Waals surface area contributed by atoms with E-state index in [0.29, 0.717) is 22.6 Å². The van der Waals surface area contributed by atoms with E-state index >= 15 is 0 Å². The molecular weight excluding hydrogens is 556 g/mol. The SMILES string of the molecule is CC(C)(C)c1ccc(C(=O)Nc2ccc(C(=O)NNC(=S)NC(=O)COc3ccc(Br)cc3)cc2)cc1. The zero-order valence-electron chi connectivity index (χ0n) is 20.6. The van der Waals surface area contributed by atoms with Gasteiger partial charge in [0.15, 0.2) is 11.7 Å². The van der Waals surface area contributed by atoms with E-state index in [0.717, 1.165) is 10.0 Å². The Hall–Kier alpha value is -3.76. The molecule has 8 nitrogen and oxygen atoms in total. The molecule has 0 radical (unpaired) electrons. The number of thiocarbonyl (C=S) groups is 1. The highest BCUT2D eigenvalue weighted by molar-refractivity contribution is 9.10. The monoisotopic (exact) mass is 582 g/mol. The quantitative estimate of drug-likeness (QED) is 0.247. The fourth-order valence-corrected chi connectivity index (χ4v) is 3.52. The van der Waals surface area contributed by atoms with Crippen LogP contribution in [0.2, 0.25) is 0 Å². The number of nitrogens with one attached hydrogen (secondary N) is 4. The lowest BCUT2D eigenvalue weighted by atomic mass is 9.87. The molecule has 0 aliphatic heterocycles. The van der Waals surface area contributed by atoms with Gasteiger partial charge < -0.3 is 10.1 Å². The Labute approximate surface area is 229 Å². The minimum absolute atomic E-state index is 0.00435. The molecule has 0 aliphatic carbocycles. The van der Waals surface area contributed by atoms with Gasteiger partial charge in [0, 0.05) is 21.3 Å². The predicted octanol–water partition coefficient (Wildman–Crippen LogP) is 4.71. The van der Waals surface area contributed by atoms with Crippen LogP contribution in [0.1, 0.15) is 47.1 Å². The maximum atomic E-state index is 12.5. The molecule has 10 heteroatoms. The van der Waals surface area contributed by atoms with Gasteiger partial charge >= 0.3 is 0 Å². The smallest absolute Gasteiger partial charge is 0.269 e. The molecule has 0 atom stereocenters. The normalized spacial score (nSPS) is 10.7. The fourth-order valence-electron chi connectivity index (χ4n) is 3.09. The van der Waals surface area contributed by atoms with Crippen LogP contribution in [0.15, 0.2) is 77.3 Å². The minimum atomic E-state index is -0.484. The summed E-state index contributed by atoms with van der Waals surface area (Å²) in [5, 5.41) is 5.14. The predicted molar refractivity (Wildman–Crippen MR) is 151 cm³/mol. The number of ether oxygens (including phenoxy) is 1. The summed E-state index contributed by atoms with van der Waals surface area (Å²) in [7, 11) is 0. The Morgan fingerprint density at radius 2 is 1.38 bits per heavy atom. The van der Waals surface area contributed by atoms with Gasteiger partial charge in [0.2, 0.25) is 0 Å². The standard InChI is InChI=1S/C27H27BrN4O4S/c1-27(2,3)19-8-4-17(5-9-19)24(34)29-21-12-6-18(7-13-21)25(35)31-32-26(37)30-23(33)16-36-22-14-10-20(28)11-15-22/h4-15H,16H2,1-3H3,(H,29,34)(H,31,35)(H2,30,32,33,37). The van der Waals surface area contributed by atoms with Crippen molar-refractivity contribution in [1.29, 1.82) is 0 Å². The van der Waals surface area contributed by atoms with Crippen LogP contribution >= 0.6 is 28.1 Å². The van der Waals surface area contributed by atoms with Crippen LogP contribution in [0.3, 0.4) is 0 Å². The Morgan fingerprint density at radius 3 is 1.97 bits per heavy atom. The van der Waals surface area contributed by atoms with Crippen molar-refractivity contribution in [2.45, 2.75) is 26.2 Å². The third kappa shape index (κ3) is 8.69. The van der Waals surface area contributed by atoms with Crippen molar-refractivity contribution in [3.8, 4) is 5.75 Å². The van der Waals surface area contributed by atoms with E-state index < -0.39 is 11.8 Å². The van der Waals surface area contributed by atoms with Crippen LogP contribution in [0.5, 0.6) is 5.75 Å². The maximum Gasteiger partial charge on any atom is 0.269 e. The van der Waals surface area contributed by atoms with Gasteiger partial charge in [-0.25, -0.2) is 0 Å². The third-order valence-corrected chi connectivity index (χ3v) is 5.88. The first-order chi connectivity index (χ1) is 17.5. The van der Waals surface area contributed by atoms with E-state index in [1.54, 1.807) is 60.7 Å². The number of rotatable bonds is 6. The lowest BCUT2D eigenvalue weighted by molar-refractivity contribution is -0.121. The van der Waals surface area contributed by atoms with Gasteiger partial charge in [-0.3, -0.25) is 30.6 Å². The molecule has 0 unspecified atom stereocenters. The largest absolute Gasteiger partial charge is 0.484 e. The molecule has 0 fully saturated rings. The number of halogens is 1.